The van der Waals surface area contributed by atoms with Crippen LogP contribution in [0.4, 0.5) is 0 Å². The third-order valence-electron chi connectivity index (χ3n) is 2.30. The molecule has 1 aromatic heterocycles. The van der Waals surface area contributed by atoms with Gasteiger partial charge in [0.05, 0.1) is 29.9 Å². The maximum Gasteiger partial charge on any atom is 0.0958 e. The van der Waals surface area contributed by atoms with E-state index in [2.05, 4.69) is 24.0 Å². The highest BCUT2D eigenvalue weighted by Gasteiger charge is 2.03. The van der Waals surface area contributed by atoms with E-state index >= 15 is 0 Å². The first-order chi connectivity index (χ1) is 6.83. The molecule has 14 heavy (non-hydrogen) atoms. The topological polar surface area (TPSA) is 41.6 Å². The Morgan fingerprint density at radius 1 is 1.50 bits per heavy atom. The fourth-order valence-electron chi connectivity index (χ4n) is 1.65. The minimum absolute atomic E-state index is 0.528. The highest BCUT2D eigenvalue weighted by atomic mass is 15.0. The molecule has 0 aliphatic rings. The molecule has 0 amide bonds. The molecule has 3 heteroatoms. The van der Waals surface area contributed by atoms with E-state index in [1.165, 1.54) is 5.56 Å². The Morgan fingerprint density at radius 2 is 2.36 bits per heavy atom. The lowest BCUT2D eigenvalue weighted by atomic mass is 10.2. The quantitative estimate of drug-likeness (QED) is 0.720. The molecule has 3 nitrogen and oxygen atoms in total. The van der Waals surface area contributed by atoms with Crippen molar-refractivity contribution in [3.05, 3.63) is 30.1 Å². The number of aryl methyl sites for hydroxylation is 2. The number of nitriles is 1. The van der Waals surface area contributed by atoms with Crippen LogP contribution in [0, 0.1) is 18.3 Å². The van der Waals surface area contributed by atoms with Gasteiger partial charge in [0.25, 0.3) is 0 Å². The summed E-state index contributed by atoms with van der Waals surface area (Å²) in [6, 6.07) is 8.19. The molecule has 0 unspecified atom stereocenters. The summed E-state index contributed by atoms with van der Waals surface area (Å²) in [6.45, 7) is 2.78. The van der Waals surface area contributed by atoms with Gasteiger partial charge in [0.1, 0.15) is 0 Å². The third-order valence-corrected chi connectivity index (χ3v) is 2.30. The number of para-hydroxylation sites is 1. The van der Waals surface area contributed by atoms with E-state index in [0.29, 0.717) is 6.42 Å². The van der Waals surface area contributed by atoms with E-state index in [-0.39, 0.29) is 0 Å². The zero-order valence-corrected chi connectivity index (χ0v) is 8.07. The molecule has 70 valence electrons. The van der Waals surface area contributed by atoms with Crippen molar-refractivity contribution < 1.29 is 0 Å². The first-order valence-corrected chi connectivity index (χ1v) is 4.60. The molecule has 0 fully saturated rings. The van der Waals surface area contributed by atoms with Crippen LogP contribution in [0.25, 0.3) is 11.0 Å². The summed E-state index contributed by atoms with van der Waals surface area (Å²) < 4.78 is 2.04. The molecule has 2 aromatic rings. The molecule has 0 aliphatic heterocycles. The van der Waals surface area contributed by atoms with Crippen molar-refractivity contribution in [2.75, 3.05) is 0 Å². The Labute approximate surface area is 82.6 Å². The number of rotatable bonds is 2. The lowest BCUT2D eigenvalue weighted by Crippen LogP contribution is -1.95. The van der Waals surface area contributed by atoms with E-state index in [1.807, 2.05) is 16.7 Å². The number of hydrogen-bond acceptors (Lipinski definition) is 2. The summed E-state index contributed by atoms with van der Waals surface area (Å²) >= 11 is 0. The number of fused-ring (bicyclic) bond motifs is 1. The average Bonchev–Trinajstić information content (AvgIpc) is 2.59. The molecule has 0 spiro atoms. The third kappa shape index (κ3) is 1.35. The molecular formula is C11H11N3. The van der Waals surface area contributed by atoms with Gasteiger partial charge in [-0.25, -0.2) is 4.98 Å². The summed E-state index contributed by atoms with van der Waals surface area (Å²) in [7, 11) is 0. The number of benzene rings is 1. The maximum absolute atomic E-state index is 8.52. The van der Waals surface area contributed by atoms with Crippen LogP contribution in [0.15, 0.2) is 24.5 Å². The van der Waals surface area contributed by atoms with Gasteiger partial charge >= 0.3 is 0 Å². The largest absolute Gasteiger partial charge is 0.329 e. The Hall–Kier alpha value is -1.82. The van der Waals surface area contributed by atoms with Gasteiger partial charge in [-0.05, 0) is 18.6 Å². The highest BCUT2D eigenvalue weighted by molar-refractivity contribution is 5.78. The van der Waals surface area contributed by atoms with Gasteiger partial charge in [-0.1, -0.05) is 12.1 Å². The van der Waals surface area contributed by atoms with Crippen molar-refractivity contribution in [2.45, 2.75) is 19.9 Å². The molecule has 0 radical (unpaired) electrons. The Kier molecular flexibility index (Phi) is 2.19. The Bertz CT molecular complexity index is 491. The predicted molar refractivity (Wildman–Crippen MR) is 54.7 cm³/mol. The van der Waals surface area contributed by atoms with Crippen LogP contribution in [0.2, 0.25) is 0 Å². The minimum atomic E-state index is 0.528. The van der Waals surface area contributed by atoms with Crippen LogP contribution < -0.4 is 0 Å². The summed E-state index contributed by atoms with van der Waals surface area (Å²) in [4.78, 5) is 4.29. The summed E-state index contributed by atoms with van der Waals surface area (Å²) in [6.07, 6.45) is 2.33. The van der Waals surface area contributed by atoms with Gasteiger partial charge < -0.3 is 4.57 Å². The lowest BCUT2D eigenvalue weighted by molar-refractivity contribution is 0.735. The fourth-order valence-corrected chi connectivity index (χ4v) is 1.65. The van der Waals surface area contributed by atoms with Gasteiger partial charge in [-0.3, -0.25) is 0 Å². The molecule has 0 N–H and O–H groups in total. The van der Waals surface area contributed by atoms with E-state index in [9.17, 15) is 0 Å². The van der Waals surface area contributed by atoms with Crippen molar-refractivity contribution >= 4 is 11.0 Å². The monoisotopic (exact) mass is 185 g/mol. The molecule has 0 saturated heterocycles. The average molecular weight is 185 g/mol. The van der Waals surface area contributed by atoms with Gasteiger partial charge in [0.2, 0.25) is 0 Å². The van der Waals surface area contributed by atoms with E-state index in [1.54, 1.807) is 6.33 Å². The van der Waals surface area contributed by atoms with Crippen LogP contribution in [0.3, 0.4) is 0 Å². The number of imidazole rings is 1. The summed E-state index contributed by atoms with van der Waals surface area (Å²) in [5.41, 5.74) is 3.35. The molecule has 1 heterocycles. The van der Waals surface area contributed by atoms with Crippen molar-refractivity contribution in [3.8, 4) is 6.07 Å². The molecular weight excluding hydrogens is 174 g/mol. The van der Waals surface area contributed by atoms with E-state index in [0.717, 1.165) is 17.6 Å². The van der Waals surface area contributed by atoms with Gasteiger partial charge in [0, 0.05) is 6.54 Å². The second-order valence-corrected chi connectivity index (χ2v) is 3.29. The zero-order chi connectivity index (χ0) is 9.97. The summed E-state index contributed by atoms with van der Waals surface area (Å²) in [5.74, 6) is 0. The van der Waals surface area contributed by atoms with Crippen LogP contribution in [-0.4, -0.2) is 9.55 Å². The molecule has 0 atom stereocenters. The Morgan fingerprint density at radius 3 is 3.14 bits per heavy atom. The Balaban J connectivity index is 2.51. The van der Waals surface area contributed by atoms with Crippen molar-refractivity contribution in [3.63, 3.8) is 0 Å². The first kappa shape index (κ1) is 8.76. The molecule has 1 aromatic carbocycles. The lowest BCUT2D eigenvalue weighted by Gasteiger charge is -2.02. The van der Waals surface area contributed by atoms with E-state index in [4.69, 9.17) is 5.26 Å². The van der Waals surface area contributed by atoms with Gasteiger partial charge in [-0.15, -0.1) is 0 Å². The standard InChI is InChI=1S/C11H11N3/c1-9-4-2-5-10-11(9)14(8-13-10)7-3-6-12/h2,4-5,8H,3,7H2,1H3. The number of nitrogens with zero attached hydrogens (tertiary/aromatic N) is 3. The number of hydrogen-bond donors (Lipinski definition) is 0. The van der Waals surface area contributed by atoms with Crippen molar-refractivity contribution in [1.82, 2.24) is 9.55 Å². The smallest absolute Gasteiger partial charge is 0.0958 e. The van der Waals surface area contributed by atoms with Crippen LogP contribution in [0.5, 0.6) is 0 Å². The second-order valence-electron chi connectivity index (χ2n) is 3.29. The highest BCUT2D eigenvalue weighted by Crippen LogP contribution is 2.16. The first-order valence-electron chi connectivity index (χ1n) is 4.60. The zero-order valence-electron chi connectivity index (χ0n) is 8.07. The van der Waals surface area contributed by atoms with Gasteiger partial charge in [0.15, 0.2) is 0 Å². The number of aromatic nitrogens is 2. The van der Waals surface area contributed by atoms with E-state index < -0.39 is 0 Å². The fraction of sp³-hybridized carbons (Fsp3) is 0.273. The molecule has 0 aliphatic carbocycles. The van der Waals surface area contributed by atoms with Crippen LogP contribution >= 0.6 is 0 Å². The van der Waals surface area contributed by atoms with Crippen molar-refractivity contribution in [1.29, 1.82) is 5.26 Å². The van der Waals surface area contributed by atoms with Crippen LogP contribution in [0.1, 0.15) is 12.0 Å². The molecule has 0 saturated carbocycles. The van der Waals surface area contributed by atoms with Crippen molar-refractivity contribution in [2.24, 2.45) is 0 Å². The normalized spacial score (nSPS) is 10.3. The SMILES string of the molecule is Cc1cccc2ncn(CCC#N)c12. The van der Waals surface area contributed by atoms with Crippen LogP contribution in [-0.2, 0) is 6.54 Å². The van der Waals surface area contributed by atoms with Gasteiger partial charge in [-0.2, -0.15) is 5.26 Å². The molecule has 0 bridgehead atoms. The second kappa shape index (κ2) is 3.51. The minimum Gasteiger partial charge on any atom is -0.329 e. The molecule has 2 rings (SSSR count). The summed E-state index contributed by atoms with van der Waals surface area (Å²) in [5, 5.41) is 8.52. The predicted octanol–water partition coefficient (Wildman–Crippen LogP) is 2.26. The maximum atomic E-state index is 8.52.